The molecule has 0 N–H and O–H groups in total. The van der Waals surface area contributed by atoms with Gasteiger partial charge in [-0.15, -0.1) is 0 Å². The number of nitrogens with zero attached hydrogens (tertiary/aromatic N) is 1. The molecule has 1 atom stereocenters. The van der Waals surface area contributed by atoms with E-state index in [-0.39, 0.29) is 24.7 Å². The zero-order valence-electron chi connectivity index (χ0n) is 13.2. The molecule has 0 radical (unpaired) electrons. The van der Waals surface area contributed by atoms with Crippen LogP contribution in [0.4, 0.5) is 13.2 Å². The number of hydrogen-bond acceptors (Lipinski definition) is 3. The van der Waals surface area contributed by atoms with E-state index in [9.17, 15) is 18.0 Å². The van der Waals surface area contributed by atoms with Crippen molar-refractivity contribution in [3.05, 3.63) is 35.4 Å². The Morgan fingerprint density at radius 3 is 2.42 bits per heavy atom. The van der Waals surface area contributed by atoms with Gasteiger partial charge < -0.3 is 14.4 Å². The second kappa shape index (κ2) is 7.11. The molecular formula is C17H20F3NO3. The quantitative estimate of drug-likeness (QED) is 0.847. The van der Waals surface area contributed by atoms with Gasteiger partial charge in [-0.1, -0.05) is 12.1 Å². The van der Waals surface area contributed by atoms with Crippen LogP contribution in [0.2, 0.25) is 0 Å². The fourth-order valence-corrected chi connectivity index (χ4v) is 3.24. The molecule has 24 heavy (non-hydrogen) atoms. The maximum absolute atomic E-state index is 12.6. The monoisotopic (exact) mass is 343 g/mol. The number of alkyl halides is 3. The van der Waals surface area contributed by atoms with E-state index >= 15 is 0 Å². The molecule has 1 amide bonds. The molecule has 0 aliphatic carbocycles. The molecule has 132 valence electrons. The lowest BCUT2D eigenvalue weighted by molar-refractivity contribution is -0.149. The SMILES string of the molecule is O=C(Cc1ccc(C(F)(F)F)cc1)N1CCCC[C@H]1C1OCCO1. The first-order valence-electron chi connectivity index (χ1n) is 8.14. The van der Waals surface area contributed by atoms with Crippen molar-refractivity contribution in [1.82, 2.24) is 4.90 Å². The number of carbonyl (C=O) groups is 1. The van der Waals surface area contributed by atoms with Gasteiger partial charge in [-0.25, -0.2) is 0 Å². The zero-order chi connectivity index (χ0) is 17.2. The lowest BCUT2D eigenvalue weighted by Crippen LogP contribution is -2.50. The molecule has 7 heteroatoms. The standard InChI is InChI=1S/C17H20F3NO3/c18-17(19,20)13-6-4-12(5-7-13)11-15(22)21-8-2-1-3-14(21)16-23-9-10-24-16/h4-7,14,16H,1-3,8-11H2/t14-/m0/s1. The van der Waals surface area contributed by atoms with Crippen LogP contribution in [0.25, 0.3) is 0 Å². The number of rotatable bonds is 3. The van der Waals surface area contributed by atoms with Gasteiger partial charge in [-0.3, -0.25) is 4.79 Å². The highest BCUT2D eigenvalue weighted by molar-refractivity contribution is 5.79. The van der Waals surface area contributed by atoms with E-state index in [0.29, 0.717) is 25.3 Å². The smallest absolute Gasteiger partial charge is 0.348 e. The van der Waals surface area contributed by atoms with Gasteiger partial charge in [0.05, 0.1) is 31.2 Å². The first-order valence-corrected chi connectivity index (χ1v) is 8.14. The molecule has 3 rings (SSSR count). The van der Waals surface area contributed by atoms with E-state index in [2.05, 4.69) is 0 Å². The summed E-state index contributed by atoms with van der Waals surface area (Å²) in [5.41, 5.74) is -0.132. The van der Waals surface area contributed by atoms with Gasteiger partial charge in [0.1, 0.15) is 0 Å². The Bertz CT molecular complexity index is 567. The lowest BCUT2D eigenvalue weighted by Gasteiger charge is -2.38. The third-order valence-corrected chi connectivity index (χ3v) is 4.47. The number of amides is 1. The first kappa shape index (κ1) is 17.2. The Morgan fingerprint density at radius 1 is 1.12 bits per heavy atom. The molecule has 1 aromatic rings. The van der Waals surface area contributed by atoms with E-state index in [4.69, 9.17) is 9.47 Å². The van der Waals surface area contributed by atoms with Crippen molar-refractivity contribution in [3.63, 3.8) is 0 Å². The maximum atomic E-state index is 12.6. The van der Waals surface area contributed by atoms with Crippen molar-refractivity contribution in [2.45, 2.75) is 44.2 Å². The van der Waals surface area contributed by atoms with Crippen molar-refractivity contribution >= 4 is 5.91 Å². The molecule has 0 aromatic heterocycles. The molecule has 0 spiro atoms. The van der Waals surface area contributed by atoms with E-state index in [0.717, 1.165) is 31.4 Å². The fraction of sp³-hybridized carbons (Fsp3) is 0.588. The molecule has 2 aliphatic heterocycles. The number of piperidine rings is 1. The topological polar surface area (TPSA) is 38.8 Å². The van der Waals surface area contributed by atoms with E-state index in [1.165, 1.54) is 12.1 Å². The van der Waals surface area contributed by atoms with Crippen molar-refractivity contribution in [1.29, 1.82) is 0 Å². The minimum absolute atomic E-state index is 0.0847. The van der Waals surface area contributed by atoms with E-state index < -0.39 is 11.7 Å². The van der Waals surface area contributed by atoms with Crippen LogP contribution in [0.1, 0.15) is 30.4 Å². The number of benzene rings is 1. The minimum atomic E-state index is -4.36. The van der Waals surface area contributed by atoms with Crippen LogP contribution < -0.4 is 0 Å². The summed E-state index contributed by atoms with van der Waals surface area (Å²) in [6.07, 6.45) is -1.91. The van der Waals surface area contributed by atoms with E-state index in [1.54, 1.807) is 4.90 Å². The summed E-state index contributed by atoms with van der Waals surface area (Å²) in [6, 6.07) is 4.65. The number of halogens is 3. The Labute approximate surface area is 138 Å². The number of ether oxygens (including phenoxy) is 2. The molecule has 0 saturated carbocycles. The lowest BCUT2D eigenvalue weighted by atomic mass is 10.00. The largest absolute Gasteiger partial charge is 0.416 e. The summed E-state index contributed by atoms with van der Waals surface area (Å²) in [4.78, 5) is 14.4. The third-order valence-electron chi connectivity index (χ3n) is 4.47. The average Bonchev–Trinajstić information content (AvgIpc) is 3.09. The molecule has 2 aliphatic rings. The summed E-state index contributed by atoms with van der Waals surface area (Å²) in [5, 5.41) is 0. The Balaban J connectivity index is 1.66. The summed E-state index contributed by atoms with van der Waals surface area (Å²) in [5.74, 6) is -0.0986. The Morgan fingerprint density at radius 2 is 1.79 bits per heavy atom. The summed E-state index contributed by atoms with van der Waals surface area (Å²) >= 11 is 0. The molecule has 2 heterocycles. The highest BCUT2D eigenvalue weighted by atomic mass is 19.4. The van der Waals surface area contributed by atoms with Gasteiger partial charge in [0.2, 0.25) is 5.91 Å². The van der Waals surface area contributed by atoms with Gasteiger partial charge in [-0.2, -0.15) is 13.2 Å². The van der Waals surface area contributed by atoms with Crippen LogP contribution in [0.3, 0.4) is 0 Å². The molecule has 2 saturated heterocycles. The summed E-state index contributed by atoms with van der Waals surface area (Å²) in [7, 11) is 0. The maximum Gasteiger partial charge on any atom is 0.416 e. The van der Waals surface area contributed by atoms with Crippen LogP contribution in [-0.2, 0) is 26.9 Å². The molecular weight excluding hydrogens is 323 g/mol. The van der Waals surface area contributed by atoms with E-state index in [1.807, 2.05) is 0 Å². The minimum Gasteiger partial charge on any atom is -0.348 e. The Kier molecular flexibility index (Phi) is 5.10. The predicted octanol–water partition coefficient (Wildman–Crippen LogP) is 3.00. The van der Waals surface area contributed by atoms with Crippen molar-refractivity contribution < 1.29 is 27.4 Å². The number of carbonyl (C=O) groups excluding carboxylic acids is 1. The second-order valence-electron chi connectivity index (χ2n) is 6.13. The highest BCUT2D eigenvalue weighted by Gasteiger charge is 2.36. The van der Waals surface area contributed by atoms with Gasteiger partial charge in [-0.05, 0) is 37.0 Å². The molecule has 1 aromatic carbocycles. The third kappa shape index (κ3) is 3.89. The molecule has 2 fully saturated rings. The van der Waals surface area contributed by atoms with Crippen LogP contribution in [0, 0.1) is 0 Å². The van der Waals surface area contributed by atoms with Crippen LogP contribution >= 0.6 is 0 Å². The van der Waals surface area contributed by atoms with Gasteiger partial charge in [0.25, 0.3) is 0 Å². The second-order valence-corrected chi connectivity index (χ2v) is 6.13. The highest BCUT2D eigenvalue weighted by Crippen LogP contribution is 2.29. The number of likely N-dealkylation sites (tertiary alicyclic amines) is 1. The summed E-state index contributed by atoms with van der Waals surface area (Å²) in [6.45, 7) is 1.69. The van der Waals surface area contributed by atoms with Gasteiger partial charge in [0, 0.05) is 6.54 Å². The van der Waals surface area contributed by atoms with Crippen molar-refractivity contribution in [3.8, 4) is 0 Å². The predicted molar refractivity (Wildman–Crippen MR) is 80.2 cm³/mol. The van der Waals surface area contributed by atoms with Gasteiger partial charge in [0.15, 0.2) is 6.29 Å². The molecule has 0 bridgehead atoms. The van der Waals surface area contributed by atoms with Crippen LogP contribution in [0.15, 0.2) is 24.3 Å². The van der Waals surface area contributed by atoms with Crippen molar-refractivity contribution in [2.75, 3.05) is 19.8 Å². The number of hydrogen-bond donors (Lipinski definition) is 0. The Hall–Kier alpha value is -1.60. The average molecular weight is 343 g/mol. The van der Waals surface area contributed by atoms with Gasteiger partial charge >= 0.3 is 6.18 Å². The first-order chi connectivity index (χ1) is 11.4. The van der Waals surface area contributed by atoms with Crippen LogP contribution in [0.5, 0.6) is 0 Å². The van der Waals surface area contributed by atoms with Crippen LogP contribution in [-0.4, -0.2) is 42.9 Å². The molecule has 4 nitrogen and oxygen atoms in total. The summed E-state index contributed by atoms with van der Waals surface area (Å²) < 4.78 is 48.9. The van der Waals surface area contributed by atoms with Crippen molar-refractivity contribution in [2.24, 2.45) is 0 Å². The fourth-order valence-electron chi connectivity index (χ4n) is 3.24. The normalized spacial score (nSPS) is 22.8. The zero-order valence-corrected chi connectivity index (χ0v) is 13.2. The molecule has 0 unspecified atom stereocenters.